The molecule has 1 aromatic heterocycles. The number of nitrogens with one attached hydrogen (secondary N) is 3. The number of anilines is 1. The molecule has 1 heterocycles. The summed E-state index contributed by atoms with van der Waals surface area (Å²) in [6.07, 6.45) is 2.37. The number of para-hydroxylation sites is 1. The molecule has 3 rings (SSSR count). The lowest BCUT2D eigenvalue weighted by Crippen LogP contribution is -2.36. The predicted molar refractivity (Wildman–Crippen MR) is 96.6 cm³/mol. The third-order valence-corrected chi connectivity index (χ3v) is 3.92. The van der Waals surface area contributed by atoms with Gasteiger partial charge < -0.3 is 20.4 Å². The van der Waals surface area contributed by atoms with Gasteiger partial charge in [0.05, 0.1) is 12.8 Å². The van der Waals surface area contributed by atoms with Crippen molar-refractivity contribution in [2.45, 2.75) is 6.42 Å². The van der Waals surface area contributed by atoms with Gasteiger partial charge >= 0.3 is 11.8 Å². The van der Waals surface area contributed by atoms with E-state index in [2.05, 4.69) is 15.6 Å². The topological polar surface area (TPSA) is 83.2 Å². The summed E-state index contributed by atoms with van der Waals surface area (Å²) in [6, 6.07) is 14.9. The molecule has 0 saturated carbocycles. The number of amides is 2. The van der Waals surface area contributed by atoms with Crippen LogP contribution in [-0.2, 0) is 16.0 Å². The molecule has 0 saturated heterocycles. The van der Waals surface area contributed by atoms with E-state index in [1.165, 1.54) is 0 Å². The minimum atomic E-state index is -0.686. The molecule has 25 heavy (non-hydrogen) atoms. The zero-order valence-electron chi connectivity index (χ0n) is 13.8. The molecule has 0 aliphatic heterocycles. The van der Waals surface area contributed by atoms with Crippen molar-refractivity contribution in [2.24, 2.45) is 0 Å². The zero-order chi connectivity index (χ0) is 17.6. The van der Waals surface area contributed by atoms with Crippen molar-refractivity contribution in [1.29, 1.82) is 0 Å². The van der Waals surface area contributed by atoms with Crippen LogP contribution in [0.5, 0.6) is 5.75 Å². The molecule has 0 aliphatic rings. The molecule has 0 bridgehead atoms. The predicted octanol–water partition coefficient (Wildman–Crippen LogP) is 2.47. The summed E-state index contributed by atoms with van der Waals surface area (Å²) in [5.74, 6) is -0.587. The van der Waals surface area contributed by atoms with Gasteiger partial charge in [0.15, 0.2) is 0 Å². The van der Waals surface area contributed by atoms with Gasteiger partial charge in [-0.15, -0.1) is 0 Å². The fourth-order valence-electron chi connectivity index (χ4n) is 2.67. The van der Waals surface area contributed by atoms with E-state index in [0.717, 1.165) is 22.2 Å². The first kappa shape index (κ1) is 16.6. The van der Waals surface area contributed by atoms with Crippen molar-refractivity contribution < 1.29 is 14.3 Å². The van der Waals surface area contributed by atoms with Gasteiger partial charge in [0, 0.05) is 23.6 Å². The molecule has 128 valence electrons. The third kappa shape index (κ3) is 3.80. The molecular weight excluding hydrogens is 318 g/mol. The Morgan fingerprint density at radius 2 is 1.88 bits per heavy atom. The number of fused-ring (bicyclic) bond motifs is 1. The summed E-state index contributed by atoms with van der Waals surface area (Å²) >= 11 is 0. The molecule has 2 amide bonds. The lowest BCUT2D eigenvalue weighted by Gasteiger charge is -2.09. The van der Waals surface area contributed by atoms with Gasteiger partial charge in [0.1, 0.15) is 5.75 Å². The van der Waals surface area contributed by atoms with Gasteiger partial charge in [-0.2, -0.15) is 0 Å². The summed E-state index contributed by atoms with van der Waals surface area (Å²) in [6.45, 7) is 0.348. The van der Waals surface area contributed by atoms with Crippen LogP contribution in [0, 0.1) is 0 Å². The number of hydrogen-bond donors (Lipinski definition) is 3. The standard InChI is InChI=1S/C19H19N3O3/c1-25-17-8-3-2-5-13(17)9-11-21-18(23)19(24)22-16-7-4-6-15-14(16)10-12-20-15/h2-8,10,12,20H,9,11H2,1H3,(H,21,23)(H,22,24). The number of benzene rings is 2. The fourth-order valence-corrected chi connectivity index (χ4v) is 2.67. The van der Waals surface area contributed by atoms with E-state index < -0.39 is 11.8 Å². The van der Waals surface area contributed by atoms with Gasteiger partial charge in [-0.3, -0.25) is 9.59 Å². The molecule has 0 aliphatic carbocycles. The minimum absolute atomic E-state index is 0.348. The second-order valence-electron chi connectivity index (χ2n) is 5.52. The highest BCUT2D eigenvalue weighted by atomic mass is 16.5. The normalized spacial score (nSPS) is 10.4. The Labute approximate surface area is 145 Å². The van der Waals surface area contributed by atoms with Crippen LogP contribution in [0.15, 0.2) is 54.7 Å². The number of carbonyl (C=O) groups is 2. The van der Waals surface area contributed by atoms with Crippen molar-refractivity contribution in [1.82, 2.24) is 10.3 Å². The molecule has 2 aromatic carbocycles. The van der Waals surface area contributed by atoms with E-state index in [1.807, 2.05) is 42.5 Å². The second-order valence-corrected chi connectivity index (χ2v) is 5.52. The van der Waals surface area contributed by atoms with Crippen molar-refractivity contribution in [3.63, 3.8) is 0 Å². The maximum Gasteiger partial charge on any atom is 0.313 e. The molecule has 6 heteroatoms. The maximum atomic E-state index is 12.1. The summed E-state index contributed by atoms with van der Waals surface area (Å²) in [7, 11) is 1.60. The number of H-pyrrole nitrogens is 1. The Morgan fingerprint density at radius 1 is 1.04 bits per heavy atom. The number of carbonyl (C=O) groups excluding carboxylic acids is 2. The highest BCUT2D eigenvalue weighted by Crippen LogP contribution is 2.22. The van der Waals surface area contributed by atoms with Crippen molar-refractivity contribution in [3.05, 3.63) is 60.3 Å². The molecule has 6 nitrogen and oxygen atoms in total. The molecular formula is C19H19N3O3. The number of hydrogen-bond acceptors (Lipinski definition) is 3. The average Bonchev–Trinajstić information content (AvgIpc) is 3.11. The van der Waals surface area contributed by atoms with Crippen LogP contribution in [0.4, 0.5) is 5.69 Å². The summed E-state index contributed by atoms with van der Waals surface area (Å²) in [5, 5.41) is 6.14. The highest BCUT2D eigenvalue weighted by Gasteiger charge is 2.15. The van der Waals surface area contributed by atoms with E-state index in [-0.39, 0.29) is 0 Å². The first-order valence-electron chi connectivity index (χ1n) is 7.96. The molecule has 0 radical (unpaired) electrons. The largest absolute Gasteiger partial charge is 0.496 e. The van der Waals surface area contributed by atoms with Crippen LogP contribution in [0.2, 0.25) is 0 Å². The number of methoxy groups -OCH3 is 1. The number of aromatic nitrogens is 1. The van der Waals surface area contributed by atoms with Crippen LogP contribution < -0.4 is 15.4 Å². The van der Waals surface area contributed by atoms with Gasteiger partial charge in [0.2, 0.25) is 0 Å². The van der Waals surface area contributed by atoms with Gasteiger partial charge in [0.25, 0.3) is 0 Å². The highest BCUT2D eigenvalue weighted by molar-refractivity contribution is 6.40. The van der Waals surface area contributed by atoms with E-state index in [1.54, 1.807) is 19.4 Å². The van der Waals surface area contributed by atoms with Gasteiger partial charge in [-0.25, -0.2) is 0 Å². The lowest BCUT2D eigenvalue weighted by atomic mass is 10.1. The maximum absolute atomic E-state index is 12.1. The first-order chi connectivity index (χ1) is 12.2. The number of aromatic amines is 1. The quantitative estimate of drug-likeness (QED) is 0.626. The molecule has 3 aromatic rings. The monoisotopic (exact) mass is 337 g/mol. The third-order valence-electron chi connectivity index (χ3n) is 3.92. The van der Waals surface area contributed by atoms with Gasteiger partial charge in [-0.05, 0) is 36.2 Å². The summed E-state index contributed by atoms with van der Waals surface area (Å²) in [4.78, 5) is 27.2. The fraction of sp³-hybridized carbons (Fsp3) is 0.158. The Kier molecular flexibility index (Phi) is 4.99. The smallest absolute Gasteiger partial charge is 0.313 e. The number of rotatable bonds is 5. The van der Waals surface area contributed by atoms with Crippen LogP contribution in [-0.4, -0.2) is 30.5 Å². The Hall–Kier alpha value is -3.28. The van der Waals surface area contributed by atoms with Crippen molar-refractivity contribution in [3.8, 4) is 5.75 Å². The summed E-state index contributed by atoms with van der Waals surface area (Å²) in [5.41, 5.74) is 2.47. The molecule has 0 atom stereocenters. The zero-order valence-corrected chi connectivity index (χ0v) is 13.8. The van der Waals surface area contributed by atoms with Crippen LogP contribution in [0.1, 0.15) is 5.56 Å². The van der Waals surface area contributed by atoms with Crippen LogP contribution in [0.3, 0.4) is 0 Å². The summed E-state index contributed by atoms with van der Waals surface area (Å²) < 4.78 is 5.27. The van der Waals surface area contributed by atoms with Crippen molar-refractivity contribution >= 4 is 28.4 Å². The second kappa shape index (κ2) is 7.53. The van der Waals surface area contributed by atoms with E-state index >= 15 is 0 Å². The van der Waals surface area contributed by atoms with Gasteiger partial charge in [-0.1, -0.05) is 24.3 Å². The molecule has 0 unspecified atom stereocenters. The Morgan fingerprint density at radius 3 is 2.72 bits per heavy atom. The number of ether oxygens (including phenoxy) is 1. The van der Waals surface area contributed by atoms with Crippen LogP contribution in [0.25, 0.3) is 10.9 Å². The van der Waals surface area contributed by atoms with Crippen LogP contribution >= 0.6 is 0 Å². The SMILES string of the molecule is COc1ccccc1CCNC(=O)C(=O)Nc1cccc2[nH]ccc12. The lowest BCUT2D eigenvalue weighted by molar-refractivity contribution is -0.136. The molecule has 3 N–H and O–H groups in total. The first-order valence-corrected chi connectivity index (χ1v) is 7.96. The van der Waals surface area contributed by atoms with Crippen molar-refractivity contribution in [2.75, 3.05) is 19.0 Å². The van der Waals surface area contributed by atoms with E-state index in [9.17, 15) is 9.59 Å². The molecule has 0 fully saturated rings. The van der Waals surface area contributed by atoms with E-state index in [0.29, 0.717) is 18.7 Å². The Bertz CT molecular complexity index is 902. The molecule has 0 spiro atoms. The average molecular weight is 337 g/mol. The van der Waals surface area contributed by atoms with E-state index in [4.69, 9.17) is 4.74 Å². The minimum Gasteiger partial charge on any atom is -0.496 e. The Balaban J connectivity index is 1.56.